The van der Waals surface area contributed by atoms with Crippen molar-refractivity contribution in [2.24, 2.45) is 5.73 Å². The van der Waals surface area contributed by atoms with E-state index in [1.54, 1.807) is 0 Å². The third-order valence-electron chi connectivity index (χ3n) is 3.24. The average molecular weight is 265 g/mol. The van der Waals surface area contributed by atoms with E-state index in [1.807, 2.05) is 51.5 Å². The molecule has 0 heterocycles. The first-order chi connectivity index (χ1) is 8.99. The Bertz CT molecular complexity index is 343. The number of rotatable bonds is 8. The second kappa shape index (κ2) is 8.27. The van der Waals surface area contributed by atoms with Crippen LogP contribution in [0.4, 0.5) is 0 Å². The normalized spacial score (nSPS) is 14.9. The molecule has 0 bridgehead atoms. The Kier molecular flexibility index (Phi) is 7.02. The third-order valence-corrected chi connectivity index (χ3v) is 3.24. The van der Waals surface area contributed by atoms with E-state index >= 15 is 0 Å². The van der Waals surface area contributed by atoms with Gasteiger partial charge in [-0.1, -0.05) is 30.3 Å². The minimum Gasteiger partial charge on any atom is -0.390 e. The molecular weight excluding hydrogens is 238 g/mol. The van der Waals surface area contributed by atoms with Crippen molar-refractivity contribution < 1.29 is 5.11 Å². The topological polar surface area (TPSA) is 52.7 Å². The van der Waals surface area contributed by atoms with Crippen molar-refractivity contribution in [1.82, 2.24) is 9.80 Å². The molecule has 3 N–H and O–H groups in total. The summed E-state index contributed by atoms with van der Waals surface area (Å²) in [5.41, 5.74) is 7.24. The summed E-state index contributed by atoms with van der Waals surface area (Å²) in [5.74, 6) is 0. The van der Waals surface area contributed by atoms with Gasteiger partial charge in [-0.15, -0.1) is 0 Å². The Morgan fingerprint density at radius 1 is 1.11 bits per heavy atom. The predicted octanol–water partition coefficient (Wildman–Crippen LogP) is 0.411. The van der Waals surface area contributed by atoms with E-state index in [4.69, 9.17) is 5.73 Å². The summed E-state index contributed by atoms with van der Waals surface area (Å²) in [6.45, 7) is 2.53. The molecule has 19 heavy (non-hydrogen) atoms. The van der Waals surface area contributed by atoms with Gasteiger partial charge in [0.05, 0.1) is 6.10 Å². The van der Waals surface area contributed by atoms with Gasteiger partial charge in [-0.2, -0.15) is 0 Å². The molecule has 1 aromatic carbocycles. The SMILES string of the molecule is CN(C)CCN(C)CC(O)C(N)Cc1ccccc1. The number of benzene rings is 1. The lowest BCUT2D eigenvalue weighted by Gasteiger charge is -2.25. The summed E-state index contributed by atoms with van der Waals surface area (Å²) in [7, 11) is 6.11. The number of nitrogens with zero attached hydrogens (tertiary/aromatic N) is 2. The van der Waals surface area contributed by atoms with Crippen LogP contribution in [0.1, 0.15) is 5.56 Å². The molecule has 1 rings (SSSR count). The van der Waals surface area contributed by atoms with Crippen LogP contribution in [0.25, 0.3) is 0 Å². The van der Waals surface area contributed by atoms with Crippen LogP contribution in [0.2, 0.25) is 0 Å². The number of hydrogen-bond acceptors (Lipinski definition) is 4. The van der Waals surface area contributed by atoms with Crippen LogP contribution < -0.4 is 5.73 Å². The molecule has 108 valence electrons. The molecule has 0 spiro atoms. The van der Waals surface area contributed by atoms with Crippen molar-refractivity contribution >= 4 is 0 Å². The molecule has 0 aliphatic rings. The van der Waals surface area contributed by atoms with Crippen molar-refractivity contribution in [2.75, 3.05) is 40.8 Å². The Balaban J connectivity index is 2.34. The van der Waals surface area contributed by atoms with Crippen molar-refractivity contribution in [3.05, 3.63) is 35.9 Å². The molecule has 4 heteroatoms. The van der Waals surface area contributed by atoms with E-state index in [1.165, 1.54) is 5.56 Å². The Morgan fingerprint density at radius 3 is 2.32 bits per heavy atom. The van der Waals surface area contributed by atoms with Gasteiger partial charge in [-0.05, 0) is 33.1 Å². The van der Waals surface area contributed by atoms with Crippen LogP contribution in [0.3, 0.4) is 0 Å². The van der Waals surface area contributed by atoms with Crippen LogP contribution in [0.5, 0.6) is 0 Å². The highest BCUT2D eigenvalue weighted by Crippen LogP contribution is 2.05. The molecular formula is C15H27N3O. The Morgan fingerprint density at radius 2 is 1.74 bits per heavy atom. The number of likely N-dealkylation sites (N-methyl/N-ethyl adjacent to an activating group) is 2. The van der Waals surface area contributed by atoms with Crippen LogP contribution in [0.15, 0.2) is 30.3 Å². The van der Waals surface area contributed by atoms with Gasteiger partial charge in [-0.25, -0.2) is 0 Å². The van der Waals surface area contributed by atoms with E-state index in [-0.39, 0.29) is 6.04 Å². The lowest BCUT2D eigenvalue weighted by molar-refractivity contribution is 0.0990. The summed E-state index contributed by atoms with van der Waals surface area (Å²) in [5, 5.41) is 10.1. The summed E-state index contributed by atoms with van der Waals surface area (Å²) in [4.78, 5) is 4.25. The van der Waals surface area contributed by atoms with Crippen LogP contribution in [-0.4, -0.2) is 67.8 Å². The van der Waals surface area contributed by atoms with Crippen molar-refractivity contribution in [3.63, 3.8) is 0 Å². The first kappa shape index (κ1) is 16.1. The zero-order chi connectivity index (χ0) is 14.3. The molecule has 2 atom stereocenters. The smallest absolute Gasteiger partial charge is 0.0820 e. The summed E-state index contributed by atoms with van der Waals surface area (Å²) < 4.78 is 0. The fourth-order valence-corrected chi connectivity index (χ4v) is 1.94. The van der Waals surface area contributed by atoms with E-state index in [9.17, 15) is 5.11 Å². The molecule has 0 aliphatic heterocycles. The third kappa shape index (κ3) is 6.68. The van der Waals surface area contributed by atoms with E-state index in [0.717, 1.165) is 13.1 Å². The molecule has 0 radical (unpaired) electrons. The van der Waals surface area contributed by atoms with Gasteiger partial charge in [0.15, 0.2) is 0 Å². The lowest BCUT2D eigenvalue weighted by Crippen LogP contribution is -2.44. The highest BCUT2D eigenvalue weighted by atomic mass is 16.3. The molecule has 1 aromatic rings. The summed E-state index contributed by atoms with van der Waals surface area (Å²) >= 11 is 0. The maximum Gasteiger partial charge on any atom is 0.0820 e. The van der Waals surface area contributed by atoms with Gasteiger partial charge in [0.25, 0.3) is 0 Å². The lowest BCUT2D eigenvalue weighted by atomic mass is 10.0. The van der Waals surface area contributed by atoms with E-state index in [2.05, 4.69) is 9.80 Å². The van der Waals surface area contributed by atoms with Crippen LogP contribution in [0, 0.1) is 0 Å². The van der Waals surface area contributed by atoms with E-state index in [0.29, 0.717) is 13.0 Å². The van der Waals surface area contributed by atoms with E-state index < -0.39 is 6.10 Å². The first-order valence-corrected chi connectivity index (χ1v) is 6.80. The second-order valence-corrected chi connectivity index (χ2v) is 5.49. The molecule has 2 unspecified atom stereocenters. The van der Waals surface area contributed by atoms with Crippen molar-refractivity contribution in [2.45, 2.75) is 18.6 Å². The number of aliphatic hydroxyl groups is 1. The second-order valence-electron chi connectivity index (χ2n) is 5.49. The van der Waals surface area contributed by atoms with Gasteiger partial charge >= 0.3 is 0 Å². The first-order valence-electron chi connectivity index (χ1n) is 6.80. The molecule has 0 saturated heterocycles. The average Bonchev–Trinajstić information content (AvgIpc) is 2.37. The molecule has 0 fully saturated rings. The minimum atomic E-state index is -0.493. The Hall–Kier alpha value is -0.940. The van der Waals surface area contributed by atoms with Gasteiger partial charge in [0, 0.05) is 25.7 Å². The number of nitrogens with two attached hydrogens (primary N) is 1. The highest BCUT2D eigenvalue weighted by Gasteiger charge is 2.17. The molecule has 0 amide bonds. The minimum absolute atomic E-state index is 0.218. The van der Waals surface area contributed by atoms with Crippen molar-refractivity contribution in [1.29, 1.82) is 0 Å². The monoisotopic (exact) mass is 265 g/mol. The van der Waals surface area contributed by atoms with Gasteiger partial charge in [0.1, 0.15) is 0 Å². The zero-order valence-corrected chi connectivity index (χ0v) is 12.3. The molecule has 0 aromatic heterocycles. The predicted molar refractivity (Wildman–Crippen MR) is 80.2 cm³/mol. The molecule has 4 nitrogen and oxygen atoms in total. The van der Waals surface area contributed by atoms with Gasteiger partial charge in [-0.3, -0.25) is 0 Å². The number of aliphatic hydroxyl groups excluding tert-OH is 1. The number of hydrogen-bond donors (Lipinski definition) is 2. The summed E-state index contributed by atoms with van der Waals surface area (Å²) in [6.07, 6.45) is 0.219. The van der Waals surface area contributed by atoms with Gasteiger partial charge in [0.2, 0.25) is 0 Å². The highest BCUT2D eigenvalue weighted by molar-refractivity contribution is 5.16. The Labute approximate surface area is 116 Å². The fourth-order valence-electron chi connectivity index (χ4n) is 1.94. The molecule has 0 aliphatic carbocycles. The van der Waals surface area contributed by atoms with Crippen molar-refractivity contribution in [3.8, 4) is 0 Å². The molecule has 0 saturated carbocycles. The van der Waals surface area contributed by atoms with Crippen LogP contribution in [-0.2, 0) is 6.42 Å². The summed E-state index contributed by atoms with van der Waals surface area (Å²) in [6, 6.07) is 9.85. The maximum absolute atomic E-state index is 10.1. The zero-order valence-electron chi connectivity index (χ0n) is 12.3. The fraction of sp³-hybridized carbons (Fsp3) is 0.600. The van der Waals surface area contributed by atoms with Crippen LogP contribution >= 0.6 is 0 Å². The standard InChI is InChI=1S/C15H27N3O/c1-17(2)9-10-18(3)12-15(19)14(16)11-13-7-5-4-6-8-13/h4-8,14-15,19H,9-12,16H2,1-3H3. The quantitative estimate of drug-likeness (QED) is 0.715. The van der Waals surface area contributed by atoms with Gasteiger partial charge < -0.3 is 20.6 Å². The largest absolute Gasteiger partial charge is 0.390 e. The maximum atomic E-state index is 10.1.